The van der Waals surface area contributed by atoms with E-state index in [9.17, 15) is 0 Å². The standard InChI is InChI=1S/C33H28N6/c1-3-23-18-20-24(21-19-23)30-29-22(2)37-39(26-14-8-5-9-15-26)32(29)36-33-31(34-25-12-6-4-7-13-25)35-27-16-10-11-17-28(27)38(30)33/h4-21,30H,3H2,1-2H3,(H,34,35)/t30-/m1/s1. The van der Waals surface area contributed by atoms with Crippen molar-refractivity contribution in [2.45, 2.75) is 26.3 Å². The molecule has 6 heteroatoms. The molecule has 1 aromatic heterocycles. The summed E-state index contributed by atoms with van der Waals surface area (Å²) < 4.78 is 1.96. The van der Waals surface area contributed by atoms with Crippen molar-refractivity contribution < 1.29 is 0 Å². The van der Waals surface area contributed by atoms with Crippen LogP contribution in [0.15, 0.2) is 119 Å². The fourth-order valence-corrected chi connectivity index (χ4v) is 5.46. The van der Waals surface area contributed by atoms with Gasteiger partial charge >= 0.3 is 0 Å². The topological polar surface area (TPSA) is 57.8 Å². The number of fused-ring (bicyclic) bond motifs is 4. The van der Waals surface area contributed by atoms with Crippen molar-refractivity contribution in [3.63, 3.8) is 0 Å². The highest BCUT2D eigenvalue weighted by atomic mass is 15.4. The van der Waals surface area contributed by atoms with Gasteiger partial charge in [0, 0.05) is 11.3 Å². The van der Waals surface area contributed by atoms with Gasteiger partial charge in [-0.15, -0.1) is 0 Å². The van der Waals surface area contributed by atoms with Gasteiger partial charge in [-0.1, -0.05) is 79.7 Å². The summed E-state index contributed by atoms with van der Waals surface area (Å²) in [4.78, 5) is 12.7. The molecular formula is C33H28N6. The average Bonchev–Trinajstić information content (AvgIpc) is 3.33. The Hall–Kier alpha value is -4.97. The fourth-order valence-electron chi connectivity index (χ4n) is 5.46. The highest BCUT2D eigenvalue weighted by Gasteiger charge is 2.41. The van der Waals surface area contributed by atoms with Crippen LogP contribution in [0.3, 0.4) is 0 Å². The second-order valence-corrected chi connectivity index (χ2v) is 9.81. The van der Waals surface area contributed by atoms with Gasteiger partial charge in [0.25, 0.3) is 0 Å². The van der Waals surface area contributed by atoms with Gasteiger partial charge in [-0.05, 0) is 60.9 Å². The van der Waals surface area contributed by atoms with Crippen LogP contribution >= 0.6 is 0 Å². The molecule has 3 heterocycles. The molecule has 2 aliphatic heterocycles. The second kappa shape index (κ2) is 9.40. The van der Waals surface area contributed by atoms with Crippen molar-refractivity contribution in [2.75, 3.05) is 10.2 Å². The van der Waals surface area contributed by atoms with Gasteiger partial charge in [-0.3, -0.25) is 0 Å². The summed E-state index contributed by atoms with van der Waals surface area (Å²) >= 11 is 0. The molecule has 1 N–H and O–H groups in total. The predicted molar refractivity (Wildman–Crippen MR) is 159 cm³/mol. The van der Waals surface area contributed by atoms with Gasteiger partial charge in [-0.25, -0.2) is 14.7 Å². The summed E-state index contributed by atoms with van der Waals surface area (Å²) in [7, 11) is 0. The lowest BCUT2D eigenvalue weighted by molar-refractivity contribution is 0.814. The van der Waals surface area contributed by atoms with E-state index in [0.717, 1.165) is 52.1 Å². The van der Waals surface area contributed by atoms with Gasteiger partial charge < -0.3 is 10.2 Å². The van der Waals surface area contributed by atoms with E-state index in [1.165, 1.54) is 11.1 Å². The van der Waals surface area contributed by atoms with Crippen LogP contribution < -0.4 is 10.2 Å². The molecule has 0 spiro atoms. The van der Waals surface area contributed by atoms with Crippen LogP contribution in [0.1, 0.15) is 35.3 Å². The molecule has 0 unspecified atom stereocenters. The molecule has 5 aromatic rings. The molecule has 6 nitrogen and oxygen atoms in total. The first-order valence-corrected chi connectivity index (χ1v) is 13.3. The number of anilines is 2. The third-order valence-corrected chi connectivity index (χ3v) is 7.38. The van der Waals surface area contributed by atoms with Crippen molar-refractivity contribution in [1.29, 1.82) is 0 Å². The Morgan fingerprint density at radius 2 is 1.46 bits per heavy atom. The molecule has 0 radical (unpaired) electrons. The zero-order valence-corrected chi connectivity index (χ0v) is 21.9. The van der Waals surface area contributed by atoms with Crippen molar-refractivity contribution >= 4 is 34.6 Å². The summed E-state index contributed by atoms with van der Waals surface area (Å²) in [6.45, 7) is 4.27. The highest BCUT2D eigenvalue weighted by molar-refractivity contribution is 6.51. The molecule has 0 saturated carbocycles. The van der Waals surface area contributed by atoms with Crippen LogP contribution in [0.5, 0.6) is 0 Å². The molecule has 0 fully saturated rings. The molecule has 4 aromatic carbocycles. The molecule has 190 valence electrons. The maximum atomic E-state index is 5.30. The molecule has 7 rings (SSSR count). The van der Waals surface area contributed by atoms with E-state index in [1.807, 2.05) is 59.3 Å². The van der Waals surface area contributed by atoms with E-state index in [2.05, 4.69) is 78.7 Å². The number of nitrogens with one attached hydrogen (secondary N) is 1. The van der Waals surface area contributed by atoms with Gasteiger partial charge in [0.05, 0.1) is 28.8 Å². The highest BCUT2D eigenvalue weighted by Crippen LogP contribution is 2.48. The number of hydrogen-bond acceptors (Lipinski definition) is 5. The van der Waals surface area contributed by atoms with Crippen LogP contribution in [0.25, 0.3) is 5.69 Å². The maximum absolute atomic E-state index is 5.30. The Morgan fingerprint density at radius 3 is 2.21 bits per heavy atom. The van der Waals surface area contributed by atoms with Crippen LogP contribution in [0.2, 0.25) is 0 Å². The normalized spacial score (nSPS) is 15.5. The van der Waals surface area contributed by atoms with E-state index in [4.69, 9.17) is 15.1 Å². The number of hydrogen-bond donors (Lipinski definition) is 1. The van der Waals surface area contributed by atoms with E-state index < -0.39 is 0 Å². The molecule has 0 saturated heterocycles. The van der Waals surface area contributed by atoms with E-state index in [-0.39, 0.29) is 6.04 Å². The molecule has 2 aliphatic rings. The third-order valence-electron chi connectivity index (χ3n) is 7.38. The van der Waals surface area contributed by atoms with E-state index >= 15 is 0 Å². The second-order valence-electron chi connectivity index (χ2n) is 9.81. The lowest BCUT2D eigenvalue weighted by Gasteiger charge is -2.40. The van der Waals surface area contributed by atoms with E-state index in [1.54, 1.807) is 0 Å². The zero-order chi connectivity index (χ0) is 26.3. The first kappa shape index (κ1) is 23.2. The van der Waals surface area contributed by atoms with E-state index in [0.29, 0.717) is 5.84 Å². The summed E-state index contributed by atoms with van der Waals surface area (Å²) in [5, 5.41) is 8.57. The lowest BCUT2D eigenvalue weighted by atomic mass is 9.92. The molecule has 1 atom stereocenters. The smallest absolute Gasteiger partial charge is 0.179 e. The third kappa shape index (κ3) is 3.92. The maximum Gasteiger partial charge on any atom is 0.179 e. The number of aliphatic imine (C=N–C) groups is 2. The zero-order valence-electron chi connectivity index (χ0n) is 21.9. The summed E-state index contributed by atoms with van der Waals surface area (Å²) in [5.74, 6) is 2.31. The monoisotopic (exact) mass is 508 g/mol. The quantitative estimate of drug-likeness (QED) is 0.273. The summed E-state index contributed by atoms with van der Waals surface area (Å²) in [6, 6.07) is 37.4. The predicted octanol–water partition coefficient (Wildman–Crippen LogP) is 7.54. The van der Waals surface area contributed by atoms with Gasteiger partial charge in [0.15, 0.2) is 17.5 Å². The Balaban J connectivity index is 1.49. The Kier molecular flexibility index (Phi) is 5.59. The largest absolute Gasteiger partial charge is 0.337 e. The van der Waals surface area contributed by atoms with Crippen molar-refractivity contribution in [1.82, 2.24) is 9.78 Å². The van der Waals surface area contributed by atoms with Crippen LogP contribution in [-0.4, -0.2) is 21.5 Å². The van der Waals surface area contributed by atoms with Gasteiger partial charge in [0.1, 0.15) is 0 Å². The minimum absolute atomic E-state index is 0.125. The van der Waals surface area contributed by atoms with Crippen LogP contribution in [0.4, 0.5) is 22.9 Å². The number of aryl methyl sites for hydroxylation is 2. The number of para-hydroxylation sites is 4. The van der Waals surface area contributed by atoms with Crippen molar-refractivity contribution in [3.05, 3.63) is 132 Å². The van der Waals surface area contributed by atoms with Crippen LogP contribution in [0, 0.1) is 6.92 Å². The number of nitrogens with zero attached hydrogens (tertiary/aromatic N) is 5. The first-order valence-electron chi connectivity index (χ1n) is 13.3. The van der Waals surface area contributed by atoms with Gasteiger partial charge in [-0.2, -0.15) is 5.10 Å². The number of amidine groups is 2. The molecular weight excluding hydrogens is 480 g/mol. The number of rotatable bonds is 4. The SMILES string of the molecule is CCc1ccc([C@@H]2c3c(C)nn(-c4ccccc4)c3N=C3C(Nc4ccccc4)=Nc4ccccc4N32)cc1. The van der Waals surface area contributed by atoms with Crippen molar-refractivity contribution in [2.24, 2.45) is 9.98 Å². The minimum atomic E-state index is -0.125. The summed E-state index contributed by atoms with van der Waals surface area (Å²) in [6.07, 6.45) is 0.998. The molecule has 0 aliphatic carbocycles. The van der Waals surface area contributed by atoms with Gasteiger partial charge in [0.2, 0.25) is 0 Å². The van der Waals surface area contributed by atoms with Crippen molar-refractivity contribution in [3.8, 4) is 5.69 Å². The minimum Gasteiger partial charge on any atom is -0.337 e. The average molecular weight is 509 g/mol. The lowest BCUT2D eigenvalue weighted by Crippen LogP contribution is -2.46. The number of aromatic nitrogens is 2. The molecule has 0 amide bonds. The Labute approximate surface area is 228 Å². The number of benzene rings is 4. The molecule has 39 heavy (non-hydrogen) atoms. The fraction of sp³-hybridized carbons (Fsp3) is 0.121. The molecule has 0 bridgehead atoms. The Morgan fingerprint density at radius 1 is 0.769 bits per heavy atom. The first-order chi connectivity index (χ1) is 19.2. The Bertz CT molecular complexity index is 1720. The summed E-state index contributed by atoms with van der Waals surface area (Å²) in [5.41, 5.74) is 8.42. The van der Waals surface area contributed by atoms with Crippen LogP contribution in [-0.2, 0) is 6.42 Å².